The van der Waals surface area contributed by atoms with Gasteiger partial charge in [-0.1, -0.05) is 24.7 Å². The number of hydrogen-bond acceptors (Lipinski definition) is 12. The second-order valence-electron chi connectivity index (χ2n) is 8.27. The zero-order valence-electron chi connectivity index (χ0n) is 23.5. The molecule has 0 bridgehead atoms. The molecule has 0 unspecified atom stereocenters. The summed E-state index contributed by atoms with van der Waals surface area (Å²) in [7, 11) is 9.10. The van der Waals surface area contributed by atoms with E-state index in [1.54, 1.807) is 33.9 Å². The number of nitrogens with zero attached hydrogens (tertiary/aromatic N) is 10. The number of nitrogens with one attached hydrogen (secondary N) is 4. The third-order valence-electron chi connectivity index (χ3n) is 5.41. The Morgan fingerprint density at radius 2 is 1.23 bits per heavy atom. The Labute approximate surface area is 264 Å². The quantitative estimate of drug-likeness (QED) is 0.148. The van der Waals surface area contributed by atoms with Gasteiger partial charge in [0.25, 0.3) is 5.82 Å². The highest BCUT2D eigenvalue weighted by atomic mass is 35.5. The molecular weight excluding hydrogens is 628 g/mol. The largest absolute Gasteiger partial charge is 0.365 e. The predicted molar refractivity (Wildman–Crippen MR) is 175 cm³/mol. The number of aromatic amines is 1. The number of anilines is 3. The van der Waals surface area contributed by atoms with Gasteiger partial charge in [0.15, 0.2) is 20.5 Å². The number of aryl methyl sites for hydroxylation is 2. The first-order valence-electron chi connectivity index (χ1n) is 12.2. The maximum absolute atomic E-state index is 7.01. The van der Waals surface area contributed by atoms with E-state index in [1.165, 1.54) is 22.7 Å². The van der Waals surface area contributed by atoms with Crippen LogP contribution in [0.1, 0.15) is 0 Å². The lowest BCUT2D eigenvalue weighted by atomic mass is 10.2. The maximum atomic E-state index is 7.01. The van der Waals surface area contributed by atoms with Gasteiger partial charge >= 0.3 is 5.82 Å². The molecule has 220 valence electrons. The number of halogens is 1. The van der Waals surface area contributed by atoms with E-state index >= 15 is 0 Å². The maximum Gasteiger partial charge on any atom is 0.304 e. The molecule has 6 aromatic heterocycles. The van der Waals surface area contributed by atoms with E-state index in [0.29, 0.717) is 16.8 Å². The summed E-state index contributed by atoms with van der Waals surface area (Å²) in [5, 5.41) is 32.2. The highest BCUT2D eigenvalue weighted by Crippen LogP contribution is 2.32. The molecule has 0 radical (unpaired) electrons. The van der Waals surface area contributed by atoms with Crippen molar-refractivity contribution in [3.63, 3.8) is 0 Å². The predicted octanol–water partition coefficient (Wildman–Crippen LogP) is 6.50. The van der Waals surface area contributed by atoms with Gasteiger partial charge in [0.1, 0.15) is 0 Å². The van der Waals surface area contributed by atoms with Crippen molar-refractivity contribution in [2.24, 2.45) is 14.1 Å². The Bertz CT molecular complexity index is 1880. The van der Waals surface area contributed by atoms with Gasteiger partial charge in [0.05, 0.1) is 28.8 Å². The summed E-state index contributed by atoms with van der Waals surface area (Å²) in [5.41, 5.74) is 4.83. The van der Waals surface area contributed by atoms with Crippen molar-refractivity contribution in [3.05, 3.63) is 62.7 Å². The molecule has 18 heteroatoms. The van der Waals surface area contributed by atoms with Gasteiger partial charge in [-0.3, -0.25) is 4.68 Å². The molecule has 0 saturated carbocycles. The fraction of sp³-hybridized carbons (Fsp3) is 0.200. The number of aromatic nitrogens is 9. The highest BCUT2D eigenvalue weighted by Gasteiger charge is 2.14. The van der Waals surface area contributed by atoms with Gasteiger partial charge in [0.2, 0.25) is 0 Å². The monoisotopic (exact) mass is 652 g/mol. The van der Waals surface area contributed by atoms with Gasteiger partial charge < -0.3 is 25.6 Å². The Kier molecular flexibility index (Phi) is 10.4. The van der Waals surface area contributed by atoms with Crippen LogP contribution in [0, 0.1) is 13.1 Å². The molecule has 6 rings (SSSR count). The second-order valence-corrected chi connectivity index (χ2v) is 11.2. The molecule has 6 heterocycles. The van der Waals surface area contributed by atoms with E-state index in [1.807, 2.05) is 56.7 Å². The summed E-state index contributed by atoms with van der Waals surface area (Å²) in [6.45, 7) is 13.9. The summed E-state index contributed by atoms with van der Waals surface area (Å²) < 4.78 is 3.30. The van der Waals surface area contributed by atoms with Gasteiger partial charge in [-0.2, -0.15) is 5.10 Å². The molecule has 0 aromatic carbocycles. The fourth-order valence-electron chi connectivity index (χ4n) is 3.46. The van der Waals surface area contributed by atoms with Crippen LogP contribution < -0.4 is 16.0 Å². The van der Waals surface area contributed by atoms with Crippen molar-refractivity contribution in [2.75, 3.05) is 37.1 Å². The average Bonchev–Trinajstić information content (AvgIpc) is 3.86. The van der Waals surface area contributed by atoms with Gasteiger partial charge in [-0.05, 0) is 5.10 Å². The summed E-state index contributed by atoms with van der Waals surface area (Å²) >= 11 is 10.5. The van der Waals surface area contributed by atoms with E-state index in [2.05, 4.69) is 61.0 Å². The van der Waals surface area contributed by atoms with Crippen LogP contribution in [0.3, 0.4) is 0 Å². The zero-order chi connectivity index (χ0) is 30.9. The van der Waals surface area contributed by atoms with Crippen molar-refractivity contribution < 1.29 is 0 Å². The first-order chi connectivity index (χ1) is 20.8. The van der Waals surface area contributed by atoms with Crippen LogP contribution in [0.15, 0.2) is 34.7 Å². The Hall–Kier alpha value is -4.81. The summed E-state index contributed by atoms with van der Waals surface area (Å²) in [6, 6.07) is 0. The molecule has 0 spiro atoms. The zero-order valence-corrected chi connectivity index (χ0v) is 26.7. The van der Waals surface area contributed by atoms with Crippen LogP contribution in [-0.2, 0) is 14.1 Å². The highest BCUT2D eigenvalue weighted by molar-refractivity contribution is 7.14. The molecule has 0 amide bonds. The van der Waals surface area contributed by atoms with Crippen LogP contribution in [-0.4, -0.2) is 65.9 Å². The Morgan fingerprint density at radius 1 is 0.744 bits per heavy atom. The van der Waals surface area contributed by atoms with Gasteiger partial charge in [0, 0.05) is 74.9 Å². The number of rotatable bonds is 6. The number of thiazole rings is 3. The van der Waals surface area contributed by atoms with Crippen molar-refractivity contribution in [1.82, 2.24) is 44.7 Å². The van der Waals surface area contributed by atoms with Crippen LogP contribution in [0.2, 0.25) is 5.15 Å². The van der Waals surface area contributed by atoms with Gasteiger partial charge in [-0.15, -0.1) is 39.1 Å². The molecule has 14 nitrogen and oxygen atoms in total. The van der Waals surface area contributed by atoms with E-state index in [-0.39, 0.29) is 0 Å². The minimum atomic E-state index is 0.394. The van der Waals surface area contributed by atoms with Gasteiger partial charge in [-0.25, -0.2) is 24.7 Å². The normalized spacial score (nSPS) is 10.0. The first kappa shape index (κ1) is 31.1. The Morgan fingerprint density at radius 3 is 1.67 bits per heavy atom. The molecule has 4 N–H and O–H groups in total. The summed E-state index contributed by atoms with van der Waals surface area (Å²) in [4.78, 5) is 19.6. The topological polar surface area (TPSA) is 148 Å². The minimum absolute atomic E-state index is 0.394. The lowest BCUT2D eigenvalue weighted by Crippen LogP contribution is -1.85. The van der Waals surface area contributed by atoms with E-state index in [0.717, 1.165) is 49.2 Å². The molecule has 0 atom stereocenters. The van der Waals surface area contributed by atoms with Crippen molar-refractivity contribution in [3.8, 4) is 33.8 Å². The molecule has 0 saturated heterocycles. The third-order valence-corrected chi connectivity index (χ3v) is 8.27. The third kappa shape index (κ3) is 7.53. The molecule has 6 aromatic rings. The molecular formula is C25H25ClN14S3. The minimum Gasteiger partial charge on any atom is -0.365 e. The van der Waals surface area contributed by atoms with Crippen molar-refractivity contribution in [1.29, 1.82) is 0 Å². The van der Waals surface area contributed by atoms with Crippen molar-refractivity contribution in [2.45, 2.75) is 0 Å². The smallest absolute Gasteiger partial charge is 0.304 e. The van der Waals surface area contributed by atoms with Crippen LogP contribution in [0.5, 0.6) is 0 Å². The molecule has 0 aliphatic heterocycles. The molecule has 43 heavy (non-hydrogen) atoms. The van der Waals surface area contributed by atoms with E-state index < -0.39 is 0 Å². The summed E-state index contributed by atoms with van der Waals surface area (Å²) in [6.07, 6.45) is 5.28. The van der Waals surface area contributed by atoms with Crippen LogP contribution in [0.25, 0.3) is 43.5 Å². The van der Waals surface area contributed by atoms with Crippen LogP contribution in [0.4, 0.5) is 27.0 Å². The van der Waals surface area contributed by atoms with Crippen LogP contribution >= 0.6 is 45.6 Å². The molecule has 0 aliphatic carbocycles. The van der Waals surface area contributed by atoms with Crippen molar-refractivity contribution >= 4 is 72.6 Å². The number of H-pyrrole nitrogens is 1. The van der Waals surface area contributed by atoms with E-state index in [9.17, 15) is 0 Å². The first-order valence-corrected chi connectivity index (χ1v) is 15.2. The lowest BCUT2D eigenvalue weighted by Gasteiger charge is -1.91. The number of hydrogen-bond donors (Lipinski definition) is 4. The average molecular weight is 653 g/mol. The second kappa shape index (κ2) is 14.4. The summed E-state index contributed by atoms with van der Waals surface area (Å²) in [5.74, 6) is 0.823. The SMILES string of the molecule is CNc1nc(-c2cn(C)nc2Cl)cs1.[C-]#[N+]c1[nH]ncc1-c1csc(NC)n1.[C-]#[N+]c1nn(C)cc1-c1csc(NC)n1. The van der Waals surface area contributed by atoms with E-state index in [4.69, 9.17) is 24.7 Å². The molecule has 0 aliphatic rings. The Balaban J connectivity index is 0.000000148. The standard InChI is InChI=1S/C9H9N5S.C8H9ClN4S.C8H7N5S/c1-10-8-6(4-14(3)13-8)7-5-15-9(11-2)12-7;1-10-8-11-6(4-14-8)5-3-13(2)12-7(5)9;1-9-7-5(3-11-13-7)6-4-14-8(10-2)12-6/h4-5H,2-3H3,(H,11,12);3-4H,1-2H3,(H,10,11);3-4H,2H3,(H,10,12)(H,11,13). The lowest BCUT2D eigenvalue weighted by molar-refractivity contribution is 0.768. The molecule has 0 fully saturated rings. The fourth-order valence-corrected chi connectivity index (χ4v) is 5.74.